The van der Waals surface area contributed by atoms with Crippen molar-refractivity contribution in [2.75, 3.05) is 13.1 Å². The van der Waals surface area contributed by atoms with Crippen LogP contribution < -0.4 is 5.32 Å². The van der Waals surface area contributed by atoms with Crippen LogP contribution in [0, 0.1) is 5.92 Å². The summed E-state index contributed by atoms with van der Waals surface area (Å²) >= 11 is 0. The van der Waals surface area contributed by atoms with Crippen LogP contribution in [-0.4, -0.2) is 45.5 Å². The molecular formula is C22H25F3N4O2. The summed E-state index contributed by atoms with van der Waals surface area (Å²) in [6, 6.07) is 7.79. The number of amides is 2. The van der Waals surface area contributed by atoms with Gasteiger partial charge in [-0.15, -0.1) is 0 Å². The van der Waals surface area contributed by atoms with Crippen molar-refractivity contribution >= 4 is 11.8 Å². The molecule has 31 heavy (non-hydrogen) atoms. The van der Waals surface area contributed by atoms with Gasteiger partial charge in [-0.25, -0.2) is 4.98 Å². The highest BCUT2D eigenvalue weighted by molar-refractivity contribution is 5.81. The summed E-state index contributed by atoms with van der Waals surface area (Å²) in [6.45, 7) is 1.59. The van der Waals surface area contributed by atoms with Gasteiger partial charge in [-0.1, -0.05) is 18.2 Å². The van der Waals surface area contributed by atoms with Gasteiger partial charge in [0.25, 0.3) is 0 Å². The maximum absolute atomic E-state index is 12.6. The predicted molar refractivity (Wildman–Crippen MR) is 108 cm³/mol. The zero-order valence-electron chi connectivity index (χ0n) is 17.1. The van der Waals surface area contributed by atoms with Crippen molar-refractivity contribution in [2.24, 2.45) is 5.92 Å². The molecule has 0 aliphatic carbocycles. The topological polar surface area (TPSA) is 67.2 Å². The summed E-state index contributed by atoms with van der Waals surface area (Å²) in [7, 11) is 0. The first kappa shape index (κ1) is 21.4. The first-order valence-electron chi connectivity index (χ1n) is 10.6. The predicted octanol–water partition coefficient (Wildman–Crippen LogP) is 3.30. The van der Waals surface area contributed by atoms with Crippen LogP contribution >= 0.6 is 0 Å². The summed E-state index contributed by atoms with van der Waals surface area (Å²) in [5.74, 6) is -0.610. The van der Waals surface area contributed by atoms with Crippen molar-refractivity contribution in [1.29, 1.82) is 0 Å². The summed E-state index contributed by atoms with van der Waals surface area (Å²) in [4.78, 5) is 30.3. The maximum Gasteiger partial charge on any atom is 0.397 e. The number of alkyl halides is 3. The Hall–Kier alpha value is -2.84. The second kappa shape index (κ2) is 8.72. The average Bonchev–Trinajstić information content (AvgIpc) is 3.33. The lowest BCUT2D eigenvalue weighted by Gasteiger charge is -2.32. The molecule has 1 unspecified atom stereocenters. The number of nitrogens with zero attached hydrogens (tertiary/aromatic N) is 3. The first-order chi connectivity index (χ1) is 14.8. The van der Waals surface area contributed by atoms with E-state index >= 15 is 0 Å². The Balaban J connectivity index is 1.33. The van der Waals surface area contributed by atoms with Gasteiger partial charge in [0.1, 0.15) is 12.2 Å². The van der Waals surface area contributed by atoms with Crippen molar-refractivity contribution in [3.63, 3.8) is 0 Å². The molecule has 1 saturated heterocycles. The maximum atomic E-state index is 12.6. The second-order valence-corrected chi connectivity index (χ2v) is 8.23. The number of halogens is 3. The minimum absolute atomic E-state index is 0.0288. The Morgan fingerprint density at radius 2 is 2.03 bits per heavy atom. The Bertz CT molecular complexity index is 948. The molecule has 1 aromatic carbocycles. The summed E-state index contributed by atoms with van der Waals surface area (Å²) < 4.78 is 39.6. The zero-order chi connectivity index (χ0) is 22.0. The van der Waals surface area contributed by atoms with Crippen LogP contribution in [0.5, 0.6) is 0 Å². The molecule has 0 saturated carbocycles. The van der Waals surface area contributed by atoms with Gasteiger partial charge in [-0.05, 0) is 30.9 Å². The molecule has 0 spiro atoms. The van der Waals surface area contributed by atoms with Crippen LogP contribution in [0.3, 0.4) is 0 Å². The normalized spacial score (nSPS) is 18.7. The highest BCUT2D eigenvalue weighted by Crippen LogP contribution is 2.25. The third kappa shape index (κ3) is 5.26. The van der Waals surface area contributed by atoms with E-state index < -0.39 is 24.4 Å². The number of hydrogen-bond donors (Lipinski definition) is 1. The van der Waals surface area contributed by atoms with Gasteiger partial charge in [0.05, 0.1) is 11.6 Å². The number of carbonyl (C=O) groups excluding carboxylic acids is 2. The number of piperidine rings is 1. The number of nitrogens with one attached hydrogen (secondary N) is 1. The molecule has 6 nitrogen and oxygen atoms in total. The van der Waals surface area contributed by atoms with Crippen LogP contribution in [0.15, 0.2) is 30.5 Å². The number of aryl methyl sites for hydroxylation is 2. The molecule has 2 aromatic rings. The average molecular weight is 434 g/mol. The molecule has 1 atom stereocenters. The minimum Gasteiger partial charge on any atom is -0.352 e. The Morgan fingerprint density at radius 3 is 2.81 bits per heavy atom. The summed E-state index contributed by atoms with van der Waals surface area (Å²) in [5, 5.41) is 2.87. The number of benzene rings is 1. The Morgan fingerprint density at radius 1 is 1.19 bits per heavy atom. The standard InChI is InChI=1S/C22H25F3N4O2/c23-22(24,25)11-20(30)29-9-2-6-17(13-29)21(31)26-12-15-4-1-5-16(10-15)18-14-28-8-3-7-19(28)27-18/h1,4-5,10,14,17H,2-3,6-9,11-13H2,(H,26,31). The van der Waals surface area contributed by atoms with Gasteiger partial charge >= 0.3 is 6.18 Å². The van der Waals surface area contributed by atoms with E-state index in [1.807, 2.05) is 24.3 Å². The molecule has 0 radical (unpaired) electrons. The molecule has 1 fully saturated rings. The van der Waals surface area contributed by atoms with Gasteiger partial charge in [0.15, 0.2) is 0 Å². The zero-order valence-corrected chi connectivity index (χ0v) is 17.1. The van der Waals surface area contributed by atoms with Crippen LogP contribution in [0.2, 0.25) is 0 Å². The fourth-order valence-corrected chi connectivity index (χ4v) is 4.27. The molecule has 2 aliphatic rings. The van der Waals surface area contributed by atoms with E-state index in [2.05, 4.69) is 21.1 Å². The lowest BCUT2D eigenvalue weighted by atomic mass is 9.96. The van der Waals surface area contributed by atoms with E-state index in [0.717, 1.165) is 46.9 Å². The molecule has 1 N–H and O–H groups in total. The highest BCUT2D eigenvalue weighted by Gasteiger charge is 2.36. The Labute approximate surface area is 178 Å². The molecule has 2 amide bonds. The number of rotatable bonds is 5. The van der Waals surface area contributed by atoms with E-state index in [0.29, 0.717) is 19.4 Å². The third-order valence-corrected chi connectivity index (χ3v) is 5.84. The van der Waals surface area contributed by atoms with Gasteiger partial charge in [0.2, 0.25) is 11.8 Å². The van der Waals surface area contributed by atoms with Crippen molar-refractivity contribution in [3.8, 4) is 11.3 Å². The monoisotopic (exact) mass is 434 g/mol. The van der Waals surface area contributed by atoms with Crippen molar-refractivity contribution in [1.82, 2.24) is 19.8 Å². The third-order valence-electron chi connectivity index (χ3n) is 5.84. The van der Waals surface area contributed by atoms with Gasteiger partial charge in [-0.2, -0.15) is 13.2 Å². The number of aromatic nitrogens is 2. The van der Waals surface area contributed by atoms with Gasteiger partial charge in [-0.3, -0.25) is 9.59 Å². The number of hydrogen-bond acceptors (Lipinski definition) is 3. The van der Waals surface area contributed by atoms with E-state index in [1.54, 1.807) is 0 Å². The molecule has 166 valence electrons. The number of imidazole rings is 1. The second-order valence-electron chi connectivity index (χ2n) is 8.23. The van der Waals surface area contributed by atoms with E-state index in [4.69, 9.17) is 0 Å². The van der Waals surface area contributed by atoms with E-state index in [1.165, 1.54) is 0 Å². The first-order valence-corrected chi connectivity index (χ1v) is 10.6. The SMILES string of the molecule is O=C(NCc1cccc(-c2cn3c(n2)CCC3)c1)C1CCCN(C(=O)CC(F)(F)F)C1. The molecule has 4 rings (SSSR count). The highest BCUT2D eigenvalue weighted by atomic mass is 19.4. The van der Waals surface area contributed by atoms with Crippen LogP contribution in [0.1, 0.15) is 37.1 Å². The summed E-state index contributed by atoms with van der Waals surface area (Å²) in [5.41, 5.74) is 2.81. The van der Waals surface area contributed by atoms with Crippen LogP contribution in [0.25, 0.3) is 11.3 Å². The molecular weight excluding hydrogens is 409 g/mol. The van der Waals surface area contributed by atoms with Crippen LogP contribution in [-0.2, 0) is 29.1 Å². The molecule has 1 aromatic heterocycles. The van der Waals surface area contributed by atoms with Crippen LogP contribution in [0.4, 0.5) is 13.2 Å². The quantitative estimate of drug-likeness (QED) is 0.785. The van der Waals surface area contributed by atoms with Crippen molar-refractivity contribution in [3.05, 3.63) is 41.9 Å². The number of fused-ring (bicyclic) bond motifs is 1. The van der Waals surface area contributed by atoms with Crippen molar-refractivity contribution < 1.29 is 22.8 Å². The summed E-state index contributed by atoms with van der Waals surface area (Å²) in [6.07, 6.45) is -0.786. The number of likely N-dealkylation sites (tertiary alicyclic amines) is 1. The molecule has 3 heterocycles. The van der Waals surface area contributed by atoms with E-state index in [-0.39, 0.29) is 19.0 Å². The lowest BCUT2D eigenvalue weighted by molar-refractivity contribution is -0.162. The minimum atomic E-state index is -4.54. The van der Waals surface area contributed by atoms with Crippen molar-refractivity contribution in [2.45, 2.75) is 51.4 Å². The van der Waals surface area contributed by atoms with Gasteiger partial charge < -0.3 is 14.8 Å². The fourth-order valence-electron chi connectivity index (χ4n) is 4.27. The van der Waals surface area contributed by atoms with E-state index in [9.17, 15) is 22.8 Å². The smallest absolute Gasteiger partial charge is 0.352 e. The number of carbonyl (C=O) groups is 2. The fraction of sp³-hybridized carbons (Fsp3) is 0.500. The molecule has 0 bridgehead atoms. The Kier molecular flexibility index (Phi) is 6.02. The van der Waals surface area contributed by atoms with Gasteiger partial charge in [0, 0.05) is 44.4 Å². The molecule has 9 heteroatoms. The molecule has 2 aliphatic heterocycles. The lowest BCUT2D eigenvalue weighted by Crippen LogP contribution is -2.46. The largest absolute Gasteiger partial charge is 0.397 e.